The van der Waals surface area contributed by atoms with Crippen molar-refractivity contribution in [2.24, 2.45) is 5.73 Å². The highest BCUT2D eigenvalue weighted by Gasteiger charge is 2.12. The average molecular weight is 292 g/mol. The summed E-state index contributed by atoms with van der Waals surface area (Å²) >= 11 is 5.96. The van der Waals surface area contributed by atoms with Gasteiger partial charge in [-0.15, -0.1) is 0 Å². The van der Waals surface area contributed by atoms with Gasteiger partial charge in [-0.2, -0.15) is 0 Å². The second-order valence-electron chi connectivity index (χ2n) is 4.11. The maximum Gasteiger partial charge on any atom is 0.250 e. The quantitative estimate of drug-likeness (QED) is 0.756. The number of nitrogen functional groups attached to an aromatic ring is 1. The molecule has 0 aromatic heterocycles. The molecule has 5 N–H and O–H groups in total. The minimum atomic E-state index is -0.555. The number of benzene rings is 2. The van der Waals surface area contributed by atoms with E-state index in [0.717, 1.165) is 0 Å². The number of methoxy groups -OCH3 is 1. The van der Waals surface area contributed by atoms with Crippen LogP contribution < -0.4 is 21.5 Å². The van der Waals surface area contributed by atoms with E-state index in [1.165, 1.54) is 7.11 Å². The summed E-state index contributed by atoms with van der Waals surface area (Å²) in [5.41, 5.74) is 13.1. The van der Waals surface area contributed by atoms with E-state index in [1.54, 1.807) is 36.4 Å². The summed E-state index contributed by atoms with van der Waals surface area (Å²) in [5.74, 6) is -0.0347. The van der Waals surface area contributed by atoms with Gasteiger partial charge < -0.3 is 21.5 Å². The monoisotopic (exact) mass is 291 g/mol. The van der Waals surface area contributed by atoms with Crippen LogP contribution >= 0.6 is 11.6 Å². The highest BCUT2D eigenvalue weighted by atomic mass is 35.5. The van der Waals surface area contributed by atoms with Gasteiger partial charge in [-0.25, -0.2) is 0 Å². The number of para-hydroxylation sites is 1. The molecular weight excluding hydrogens is 278 g/mol. The molecule has 0 atom stereocenters. The molecule has 2 aromatic rings. The Morgan fingerprint density at radius 2 is 2.05 bits per heavy atom. The third kappa shape index (κ3) is 2.78. The number of ether oxygens (including phenoxy) is 1. The average Bonchev–Trinajstić information content (AvgIpc) is 2.42. The van der Waals surface area contributed by atoms with Gasteiger partial charge in [0.15, 0.2) is 0 Å². The minimum absolute atomic E-state index is 0.318. The molecule has 0 heterocycles. The van der Waals surface area contributed by atoms with Crippen LogP contribution in [0.3, 0.4) is 0 Å². The Hall–Kier alpha value is -2.40. The zero-order valence-corrected chi connectivity index (χ0v) is 11.6. The molecule has 0 saturated carbocycles. The van der Waals surface area contributed by atoms with Gasteiger partial charge in [0, 0.05) is 11.8 Å². The minimum Gasteiger partial charge on any atom is -0.495 e. The van der Waals surface area contributed by atoms with Crippen LogP contribution in [-0.2, 0) is 0 Å². The van der Waals surface area contributed by atoms with Gasteiger partial charge in [-0.1, -0.05) is 17.7 Å². The molecule has 1 amide bonds. The van der Waals surface area contributed by atoms with E-state index in [0.29, 0.717) is 33.4 Å². The first-order valence-corrected chi connectivity index (χ1v) is 6.19. The lowest BCUT2D eigenvalue weighted by molar-refractivity contribution is 0.100. The van der Waals surface area contributed by atoms with Crippen LogP contribution in [-0.4, -0.2) is 13.0 Å². The van der Waals surface area contributed by atoms with E-state index in [1.807, 2.05) is 0 Å². The third-order valence-electron chi connectivity index (χ3n) is 2.78. The molecule has 6 heteroatoms. The zero-order chi connectivity index (χ0) is 14.7. The van der Waals surface area contributed by atoms with E-state index >= 15 is 0 Å². The number of hydrogen-bond acceptors (Lipinski definition) is 4. The highest BCUT2D eigenvalue weighted by Crippen LogP contribution is 2.32. The molecule has 5 nitrogen and oxygen atoms in total. The number of carbonyl (C=O) groups excluding carboxylic acids is 1. The number of hydrogen-bond donors (Lipinski definition) is 3. The Bertz CT molecular complexity index is 659. The summed E-state index contributed by atoms with van der Waals surface area (Å²) in [6, 6.07) is 10.1. The lowest BCUT2D eigenvalue weighted by Gasteiger charge is -2.14. The molecule has 0 aliphatic carbocycles. The Labute approximate surface area is 121 Å². The van der Waals surface area contributed by atoms with Gasteiger partial charge in [0.05, 0.1) is 29.1 Å². The lowest BCUT2D eigenvalue weighted by atomic mass is 10.1. The molecule has 0 radical (unpaired) electrons. The summed E-state index contributed by atoms with van der Waals surface area (Å²) in [6.07, 6.45) is 0. The molecule has 2 rings (SSSR count). The van der Waals surface area contributed by atoms with Crippen LogP contribution in [0.25, 0.3) is 0 Å². The van der Waals surface area contributed by atoms with Crippen LogP contribution in [0.2, 0.25) is 5.02 Å². The van der Waals surface area contributed by atoms with Crippen molar-refractivity contribution in [3.8, 4) is 5.75 Å². The fourth-order valence-corrected chi connectivity index (χ4v) is 1.99. The normalized spacial score (nSPS) is 10.1. The molecule has 0 fully saturated rings. The van der Waals surface area contributed by atoms with Gasteiger partial charge >= 0.3 is 0 Å². The maximum atomic E-state index is 11.4. The number of amides is 1. The molecular formula is C14H14ClN3O2. The fourth-order valence-electron chi connectivity index (χ4n) is 1.80. The Kier molecular flexibility index (Phi) is 4.00. The lowest BCUT2D eigenvalue weighted by Crippen LogP contribution is -2.14. The van der Waals surface area contributed by atoms with Gasteiger partial charge in [0.1, 0.15) is 5.75 Å². The van der Waals surface area contributed by atoms with Gasteiger partial charge in [-0.05, 0) is 24.3 Å². The van der Waals surface area contributed by atoms with Crippen LogP contribution in [0, 0.1) is 0 Å². The van der Waals surface area contributed by atoms with Gasteiger partial charge in [0.2, 0.25) is 0 Å². The summed E-state index contributed by atoms with van der Waals surface area (Å²) in [7, 11) is 1.52. The van der Waals surface area contributed by atoms with E-state index in [2.05, 4.69) is 5.32 Å². The number of nitrogens with two attached hydrogens (primary N) is 2. The SMILES string of the molecule is COc1cc(Nc2c(N)cccc2C(N)=O)ccc1Cl. The highest BCUT2D eigenvalue weighted by molar-refractivity contribution is 6.32. The number of anilines is 3. The van der Waals surface area contributed by atoms with Crippen molar-refractivity contribution >= 4 is 34.6 Å². The molecule has 104 valence electrons. The molecule has 0 bridgehead atoms. The van der Waals surface area contributed by atoms with Crippen molar-refractivity contribution in [3.05, 3.63) is 47.0 Å². The van der Waals surface area contributed by atoms with Crippen molar-refractivity contribution < 1.29 is 9.53 Å². The van der Waals surface area contributed by atoms with Crippen LogP contribution in [0.1, 0.15) is 10.4 Å². The van der Waals surface area contributed by atoms with Gasteiger partial charge in [0.25, 0.3) is 5.91 Å². The standard InChI is InChI=1S/C14H14ClN3O2/c1-20-12-7-8(5-6-10(12)15)18-13-9(14(17)19)3-2-4-11(13)16/h2-7,18H,16H2,1H3,(H2,17,19). The summed E-state index contributed by atoms with van der Waals surface area (Å²) in [5, 5.41) is 3.55. The number of primary amides is 1. The van der Waals surface area contributed by atoms with Crippen LogP contribution in [0.15, 0.2) is 36.4 Å². The number of carbonyl (C=O) groups is 1. The van der Waals surface area contributed by atoms with Crippen molar-refractivity contribution in [1.29, 1.82) is 0 Å². The first-order valence-electron chi connectivity index (χ1n) is 5.81. The Balaban J connectivity index is 2.42. The zero-order valence-electron chi connectivity index (χ0n) is 10.8. The molecule has 0 spiro atoms. The molecule has 2 aromatic carbocycles. The molecule has 20 heavy (non-hydrogen) atoms. The predicted octanol–water partition coefficient (Wildman–Crippen LogP) is 2.77. The smallest absolute Gasteiger partial charge is 0.250 e. The summed E-state index contributed by atoms with van der Waals surface area (Å²) < 4.78 is 5.14. The van der Waals surface area contributed by atoms with E-state index in [4.69, 9.17) is 27.8 Å². The van der Waals surface area contributed by atoms with Crippen LogP contribution in [0.5, 0.6) is 5.75 Å². The van der Waals surface area contributed by atoms with Crippen molar-refractivity contribution in [3.63, 3.8) is 0 Å². The second-order valence-corrected chi connectivity index (χ2v) is 4.52. The van der Waals surface area contributed by atoms with Crippen molar-refractivity contribution in [2.75, 3.05) is 18.2 Å². The number of rotatable bonds is 4. The second kappa shape index (κ2) is 5.71. The Morgan fingerprint density at radius 1 is 1.30 bits per heavy atom. The van der Waals surface area contributed by atoms with Crippen LogP contribution in [0.4, 0.5) is 17.1 Å². The summed E-state index contributed by atoms with van der Waals surface area (Å²) in [6.45, 7) is 0. The predicted molar refractivity (Wildman–Crippen MR) is 80.7 cm³/mol. The van der Waals surface area contributed by atoms with E-state index < -0.39 is 5.91 Å². The van der Waals surface area contributed by atoms with E-state index in [9.17, 15) is 4.79 Å². The first kappa shape index (κ1) is 14.0. The summed E-state index contributed by atoms with van der Waals surface area (Å²) in [4.78, 5) is 11.4. The number of halogens is 1. The van der Waals surface area contributed by atoms with E-state index in [-0.39, 0.29) is 0 Å². The molecule has 0 aliphatic rings. The molecule has 0 saturated heterocycles. The van der Waals surface area contributed by atoms with Crippen molar-refractivity contribution in [1.82, 2.24) is 0 Å². The topological polar surface area (TPSA) is 90.4 Å². The maximum absolute atomic E-state index is 11.4. The molecule has 0 unspecified atom stereocenters. The number of nitrogens with one attached hydrogen (secondary N) is 1. The molecule has 0 aliphatic heterocycles. The van der Waals surface area contributed by atoms with Crippen molar-refractivity contribution in [2.45, 2.75) is 0 Å². The Morgan fingerprint density at radius 3 is 2.70 bits per heavy atom. The first-order chi connectivity index (χ1) is 9.52. The largest absolute Gasteiger partial charge is 0.495 e. The van der Waals surface area contributed by atoms with Gasteiger partial charge in [-0.3, -0.25) is 4.79 Å². The third-order valence-corrected chi connectivity index (χ3v) is 3.09. The fraction of sp³-hybridized carbons (Fsp3) is 0.0714.